The van der Waals surface area contributed by atoms with Gasteiger partial charge in [0.1, 0.15) is 0 Å². The van der Waals surface area contributed by atoms with Gasteiger partial charge in [0, 0.05) is 28.0 Å². The van der Waals surface area contributed by atoms with Gasteiger partial charge in [-0.2, -0.15) is 0 Å². The van der Waals surface area contributed by atoms with E-state index >= 15 is 0 Å². The Labute approximate surface area is 130 Å². The normalized spacial score (nSPS) is 23.5. The largest absolute Gasteiger partial charge is 0.312 e. The van der Waals surface area contributed by atoms with E-state index in [2.05, 4.69) is 5.32 Å². The number of halogens is 3. The molecule has 2 rings (SSSR count). The average molecular weight is 321 g/mol. The summed E-state index contributed by atoms with van der Waals surface area (Å²) in [4.78, 5) is 0. The average Bonchev–Trinajstić information content (AvgIpc) is 2.42. The Morgan fingerprint density at radius 1 is 1.05 bits per heavy atom. The molecule has 2 unspecified atom stereocenters. The Kier molecular flexibility index (Phi) is 6.28. The molecular weight excluding hydrogens is 301 g/mol. The molecule has 0 aliphatic heterocycles. The summed E-state index contributed by atoms with van der Waals surface area (Å²) in [6, 6.07) is 5.64. The van der Waals surface area contributed by atoms with E-state index in [0.29, 0.717) is 11.8 Å². The summed E-state index contributed by atoms with van der Waals surface area (Å²) in [6.45, 7) is 1.73. The van der Waals surface area contributed by atoms with Crippen molar-refractivity contribution in [1.82, 2.24) is 5.32 Å². The topological polar surface area (TPSA) is 12.0 Å². The SMILES string of the molecule is ClCC1CCCCC1CNCc1c(Cl)cccc1Cl. The summed E-state index contributed by atoms with van der Waals surface area (Å²) in [6.07, 6.45) is 5.19. The van der Waals surface area contributed by atoms with Gasteiger partial charge >= 0.3 is 0 Å². The Morgan fingerprint density at radius 3 is 2.32 bits per heavy atom. The van der Waals surface area contributed by atoms with Crippen molar-refractivity contribution in [3.05, 3.63) is 33.8 Å². The molecule has 0 radical (unpaired) electrons. The molecule has 0 amide bonds. The molecule has 0 heterocycles. The highest BCUT2D eigenvalue weighted by Gasteiger charge is 2.23. The van der Waals surface area contributed by atoms with Crippen LogP contribution in [-0.4, -0.2) is 12.4 Å². The lowest BCUT2D eigenvalue weighted by Gasteiger charge is -2.30. The van der Waals surface area contributed by atoms with E-state index in [9.17, 15) is 0 Å². The third kappa shape index (κ3) is 4.26. The fourth-order valence-electron chi connectivity index (χ4n) is 2.84. The van der Waals surface area contributed by atoms with Crippen molar-refractivity contribution in [1.29, 1.82) is 0 Å². The fraction of sp³-hybridized carbons (Fsp3) is 0.600. The summed E-state index contributed by atoms with van der Waals surface area (Å²) < 4.78 is 0. The van der Waals surface area contributed by atoms with Gasteiger partial charge < -0.3 is 5.32 Å². The second kappa shape index (κ2) is 7.73. The maximum Gasteiger partial charge on any atom is 0.0465 e. The molecule has 1 aliphatic carbocycles. The summed E-state index contributed by atoms with van der Waals surface area (Å²) in [5.41, 5.74) is 0.990. The zero-order valence-electron chi connectivity index (χ0n) is 11.0. The first-order chi connectivity index (χ1) is 9.22. The Hall–Kier alpha value is 0.0500. The van der Waals surface area contributed by atoms with Gasteiger partial charge in [-0.15, -0.1) is 11.6 Å². The van der Waals surface area contributed by atoms with Crippen LogP contribution in [0, 0.1) is 11.8 Å². The smallest absolute Gasteiger partial charge is 0.0465 e. The number of benzene rings is 1. The minimum absolute atomic E-state index is 0.657. The highest BCUT2D eigenvalue weighted by atomic mass is 35.5. The molecule has 1 saturated carbocycles. The van der Waals surface area contributed by atoms with Gasteiger partial charge in [-0.1, -0.05) is 42.1 Å². The molecule has 1 N–H and O–H groups in total. The number of rotatable bonds is 5. The van der Waals surface area contributed by atoms with Crippen LogP contribution >= 0.6 is 34.8 Å². The van der Waals surface area contributed by atoms with Crippen molar-refractivity contribution < 1.29 is 0 Å². The fourth-order valence-corrected chi connectivity index (χ4v) is 3.78. The predicted molar refractivity (Wildman–Crippen MR) is 84.3 cm³/mol. The van der Waals surface area contributed by atoms with Crippen molar-refractivity contribution in [3.63, 3.8) is 0 Å². The lowest BCUT2D eigenvalue weighted by Crippen LogP contribution is -2.31. The molecule has 0 spiro atoms. The first kappa shape index (κ1) is 15.4. The maximum absolute atomic E-state index is 6.16. The van der Waals surface area contributed by atoms with Gasteiger partial charge in [0.15, 0.2) is 0 Å². The first-order valence-electron chi connectivity index (χ1n) is 6.92. The number of hydrogen-bond donors (Lipinski definition) is 1. The minimum Gasteiger partial charge on any atom is -0.312 e. The second-order valence-corrected chi connectivity index (χ2v) is 6.41. The molecule has 1 aromatic rings. The van der Waals surface area contributed by atoms with Crippen LogP contribution in [0.15, 0.2) is 18.2 Å². The predicted octanol–water partition coefficient (Wildman–Crippen LogP) is 5.13. The van der Waals surface area contributed by atoms with Gasteiger partial charge in [-0.3, -0.25) is 0 Å². The van der Waals surface area contributed by atoms with E-state index in [1.807, 2.05) is 18.2 Å². The van der Waals surface area contributed by atoms with Crippen molar-refractivity contribution >= 4 is 34.8 Å². The lowest BCUT2D eigenvalue weighted by atomic mass is 9.80. The molecule has 0 aromatic heterocycles. The van der Waals surface area contributed by atoms with Crippen LogP contribution in [0.25, 0.3) is 0 Å². The Balaban J connectivity index is 1.86. The van der Waals surface area contributed by atoms with E-state index < -0.39 is 0 Å². The van der Waals surface area contributed by atoms with E-state index in [1.165, 1.54) is 25.7 Å². The van der Waals surface area contributed by atoms with E-state index in [4.69, 9.17) is 34.8 Å². The van der Waals surface area contributed by atoms with E-state index in [-0.39, 0.29) is 0 Å². The molecule has 19 heavy (non-hydrogen) atoms. The molecule has 0 bridgehead atoms. The summed E-state index contributed by atoms with van der Waals surface area (Å²) >= 11 is 18.4. The maximum atomic E-state index is 6.16. The monoisotopic (exact) mass is 319 g/mol. The third-order valence-electron chi connectivity index (χ3n) is 4.03. The van der Waals surface area contributed by atoms with Crippen LogP contribution in [0.5, 0.6) is 0 Å². The summed E-state index contributed by atoms with van der Waals surface area (Å²) in [7, 11) is 0. The highest BCUT2D eigenvalue weighted by Crippen LogP contribution is 2.30. The zero-order chi connectivity index (χ0) is 13.7. The quantitative estimate of drug-likeness (QED) is 0.742. The van der Waals surface area contributed by atoms with Crippen molar-refractivity contribution in [3.8, 4) is 0 Å². The molecule has 2 atom stereocenters. The number of hydrogen-bond acceptors (Lipinski definition) is 1. The van der Waals surface area contributed by atoms with Crippen LogP contribution in [0.2, 0.25) is 10.0 Å². The lowest BCUT2D eigenvalue weighted by molar-refractivity contribution is 0.250. The molecule has 0 saturated heterocycles. The van der Waals surface area contributed by atoms with Crippen LogP contribution in [0.3, 0.4) is 0 Å². The van der Waals surface area contributed by atoms with Crippen LogP contribution < -0.4 is 5.32 Å². The van der Waals surface area contributed by atoms with Gasteiger partial charge in [-0.05, 0) is 43.4 Å². The Bertz CT molecular complexity index is 388. The number of nitrogens with one attached hydrogen (secondary N) is 1. The molecule has 1 aliphatic rings. The number of alkyl halides is 1. The zero-order valence-corrected chi connectivity index (χ0v) is 13.2. The van der Waals surface area contributed by atoms with Crippen LogP contribution in [0.4, 0.5) is 0 Å². The van der Waals surface area contributed by atoms with E-state index in [1.54, 1.807) is 0 Å². The third-order valence-corrected chi connectivity index (χ3v) is 5.14. The van der Waals surface area contributed by atoms with Crippen LogP contribution in [-0.2, 0) is 6.54 Å². The second-order valence-electron chi connectivity index (χ2n) is 5.29. The highest BCUT2D eigenvalue weighted by molar-refractivity contribution is 6.35. The van der Waals surface area contributed by atoms with Crippen LogP contribution in [0.1, 0.15) is 31.2 Å². The molecule has 1 aromatic carbocycles. The van der Waals surface area contributed by atoms with Crippen molar-refractivity contribution in [2.24, 2.45) is 11.8 Å². The molecule has 1 fully saturated rings. The van der Waals surface area contributed by atoms with Gasteiger partial charge in [-0.25, -0.2) is 0 Å². The summed E-state index contributed by atoms with van der Waals surface area (Å²) in [5.74, 6) is 2.12. The van der Waals surface area contributed by atoms with Crippen molar-refractivity contribution in [2.45, 2.75) is 32.2 Å². The first-order valence-corrected chi connectivity index (χ1v) is 8.21. The molecule has 4 heteroatoms. The van der Waals surface area contributed by atoms with Crippen molar-refractivity contribution in [2.75, 3.05) is 12.4 Å². The van der Waals surface area contributed by atoms with Gasteiger partial charge in [0.05, 0.1) is 0 Å². The molecule has 106 valence electrons. The summed E-state index contributed by atoms with van der Waals surface area (Å²) in [5, 5.41) is 4.96. The van der Waals surface area contributed by atoms with E-state index in [0.717, 1.165) is 34.6 Å². The molecular formula is C15H20Cl3N. The molecule has 1 nitrogen and oxygen atoms in total. The minimum atomic E-state index is 0.657. The Morgan fingerprint density at radius 2 is 1.68 bits per heavy atom. The van der Waals surface area contributed by atoms with Gasteiger partial charge in [0.25, 0.3) is 0 Å². The van der Waals surface area contributed by atoms with Gasteiger partial charge in [0.2, 0.25) is 0 Å². The standard InChI is InChI=1S/C15H20Cl3N/c16-8-11-4-1-2-5-12(11)9-19-10-13-14(17)6-3-7-15(13)18/h3,6-7,11-12,19H,1-2,4-5,8-10H2.